The van der Waals surface area contributed by atoms with Crippen LogP contribution in [0, 0.1) is 11.3 Å². The summed E-state index contributed by atoms with van der Waals surface area (Å²) in [6.07, 6.45) is -2.93. The summed E-state index contributed by atoms with van der Waals surface area (Å²) in [4.78, 5) is 19.0. The van der Waals surface area contributed by atoms with Gasteiger partial charge in [0.2, 0.25) is 0 Å². The molecule has 1 amide bonds. The molecule has 2 saturated heterocycles. The van der Waals surface area contributed by atoms with Gasteiger partial charge in [0.25, 0.3) is 5.91 Å². The fourth-order valence-corrected chi connectivity index (χ4v) is 5.16. The maximum absolute atomic E-state index is 13.8. The maximum atomic E-state index is 13.8. The lowest BCUT2D eigenvalue weighted by molar-refractivity contribution is -0.226. The number of nitrogens with zero attached hydrogens (tertiary/aromatic N) is 3. The van der Waals surface area contributed by atoms with Crippen molar-refractivity contribution in [2.75, 3.05) is 46.3 Å². The van der Waals surface area contributed by atoms with Gasteiger partial charge in [-0.3, -0.25) is 9.69 Å². The summed E-state index contributed by atoms with van der Waals surface area (Å²) in [6.45, 7) is 4.81. The number of likely N-dealkylation sites (N-methyl/N-ethyl adjacent to an activating group) is 1. The van der Waals surface area contributed by atoms with Crippen molar-refractivity contribution in [3.8, 4) is 0 Å². The Morgan fingerprint density at radius 3 is 2.64 bits per heavy atom. The van der Waals surface area contributed by atoms with E-state index in [2.05, 4.69) is 16.8 Å². The van der Waals surface area contributed by atoms with Crippen LogP contribution in [0.1, 0.15) is 35.2 Å². The van der Waals surface area contributed by atoms with Crippen molar-refractivity contribution in [3.63, 3.8) is 0 Å². The highest BCUT2D eigenvalue weighted by Crippen LogP contribution is 2.57. The van der Waals surface area contributed by atoms with Crippen molar-refractivity contribution in [2.24, 2.45) is 11.3 Å². The van der Waals surface area contributed by atoms with Gasteiger partial charge in [-0.1, -0.05) is 18.6 Å². The summed E-state index contributed by atoms with van der Waals surface area (Å²) in [5.74, 6) is -0.719. The van der Waals surface area contributed by atoms with Crippen LogP contribution in [0.3, 0.4) is 0 Å². The Bertz CT molecular complexity index is 730. The second-order valence-electron chi connectivity index (χ2n) is 8.71. The standard InChI is InChI=1S/C21H28F3N3O/c1-25-8-10-26(11-9-25)13-16-4-2-5-17(12-16)19(28)27-14-18-6-3-7-20(18,15-27)21(22,23)24/h2,4-5,12,18H,3,6-11,13-15H2,1H3/t18-,20-/m0/s1. The molecular formula is C21H28F3N3O. The highest BCUT2D eigenvalue weighted by atomic mass is 19.4. The van der Waals surface area contributed by atoms with E-state index in [0.29, 0.717) is 18.4 Å². The molecule has 3 fully saturated rings. The lowest BCUT2D eigenvalue weighted by Crippen LogP contribution is -2.43. The van der Waals surface area contributed by atoms with Crippen molar-refractivity contribution in [3.05, 3.63) is 35.4 Å². The van der Waals surface area contributed by atoms with Gasteiger partial charge in [0, 0.05) is 51.4 Å². The first-order valence-corrected chi connectivity index (χ1v) is 10.1. The lowest BCUT2D eigenvalue weighted by Gasteiger charge is -2.32. The van der Waals surface area contributed by atoms with E-state index < -0.39 is 17.5 Å². The van der Waals surface area contributed by atoms with Crippen LogP contribution in [-0.2, 0) is 6.54 Å². The van der Waals surface area contributed by atoms with E-state index >= 15 is 0 Å². The Hall–Kier alpha value is -1.60. The summed E-state index contributed by atoms with van der Waals surface area (Å²) < 4.78 is 41.3. The quantitative estimate of drug-likeness (QED) is 0.786. The number of halogens is 3. The Morgan fingerprint density at radius 1 is 1.21 bits per heavy atom. The summed E-state index contributed by atoms with van der Waals surface area (Å²) in [6, 6.07) is 7.42. The van der Waals surface area contributed by atoms with E-state index in [0.717, 1.165) is 38.3 Å². The van der Waals surface area contributed by atoms with E-state index in [9.17, 15) is 18.0 Å². The molecule has 0 radical (unpaired) electrons. The molecule has 1 saturated carbocycles. The number of fused-ring (bicyclic) bond motifs is 1. The van der Waals surface area contributed by atoms with Crippen molar-refractivity contribution in [2.45, 2.75) is 32.0 Å². The van der Waals surface area contributed by atoms with Gasteiger partial charge in [0.1, 0.15) is 0 Å². The van der Waals surface area contributed by atoms with Gasteiger partial charge in [-0.05, 0) is 43.5 Å². The molecule has 3 aliphatic rings. The van der Waals surface area contributed by atoms with Crippen LogP contribution >= 0.6 is 0 Å². The highest BCUT2D eigenvalue weighted by molar-refractivity contribution is 5.94. The first-order chi connectivity index (χ1) is 13.3. The minimum absolute atomic E-state index is 0.147. The SMILES string of the molecule is CN1CCN(Cc2cccc(C(=O)N3C[C@@H]4CCC[C@]4(C(F)(F)F)C3)c2)CC1. The van der Waals surface area contributed by atoms with Crippen molar-refractivity contribution < 1.29 is 18.0 Å². The molecule has 0 aromatic heterocycles. The number of likely N-dealkylation sites (tertiary alicyclic amines) is 1. The number of benzene rings is 1. The number of rotatable bonds is 3. The van der Waals surface area contributed by atoms with Gasteiger partial charge >= 0.3 is 6.18 Å². The molecule has 4 rings (SSSR count). The minimum atomic E-state index is -4.24. The molecule has 1 aliphatic carbocycles. The monoisotopic (exact) mass is 395 g/mol. The van der Waals surface area contributed by atoms with Gasteiger partial charge in [0.15, 0.2) is 0 Å². The van der Waals surface area contributed by atoms with Crippen LogP contribution < -0.4 is 0 Å². The van der Waals surface area contributed by atoms with Gasteiger partial charge in [-0.2, -0.15) is 13.2 Å². The lowest BCUT2D eigenvalue weighted by atomic mass is 9.80. The molecule has 2 aliphatic heterocycles. The van der Waals surface area contributed by atoms with Crippen molar-refractivity contribution in [1.29, 1.82) is 0 Å². The molecule has 28 heavy (non-hydrogen) atoms. The smallest absolute Gasteiger partial charge is 0.337 e. The number of carbonyl (C=O) groups excluding carboxylic acids is 1. The van der Waals surface area contributed by atoms with Crippen molar-refractivity contribution >= 4 is 5.91 Å². The molecule has 7 heteroatoms. The first kappa shape index (κ1) is 19.7. The predicted molar refractivity (Wildman–Crippen MR) is 101 cm³/mol. The van der Waals surface area contributed by atoms with Gasteiger partial charge < -0.3 is 9.80 Å². The number of hydrogen-bond acceptors (Lipinski definition) is 3. The number of hydrogen-bond donors (Lipinski definition) is 0. The first-order valence-electron chi connectivity index (χ1n) is 10.1. The van der Waals surface area contributed by atoms with Crippen LogP contribution in [0.5, 0.6) is 0 Å². The zero-order chi connectivity index (χ0) is 19.9. The number of carbonyl (C=O) groups is 1. The molecule has 154 valence electrons. The molecule has 0 N–H and O–H groups in total. The third-order valence-electron chi connectivity index (χ3n) is 6.90. The van der Waals surface area contributed by atoms with Crippen LogP contribution in [0.2, 0.25) is 0 Å². The Balaban J connectivity index is 1.46. The van der Waals surface area contributed by atoms with Crippen LogP contribution in [0.25, 0.3) is 0 Å². The van der Waals surface area contributed by atoms with Gasteiger partial charge in [-0.15, -0.1) is 0 Å². The Labute approximate surface area is 164 Å². The second-order valence-corrected chi connectivity index (χ2v) is 8.71. The largest absolute Gasteiger partial charge is 0.396 e. The fraction of sp³-hybridized carbons (Fsp3) is 0.667. The summed E-state index contributed by atoms with van der Waals surface area (Å²) >= 11 is 0. The molecule has 1 aromatic carbocycles. The predicted octanol–water partition coefficient (Wildman–Crippen LogP) is 3.24. The molecular weight excluding hydrogens is 367 g/mol. The topological polar surface area (TPSA) is 26.8 Å². The zero-order valence-corrected chi connectivity index (χ0v) is 16.3. The number of amides is 1. The molecule has 0 bridgehead atoms. The second kappa shape index (κ2) is 7.34. The molecule has 4 nitrogen and oxygen atoms in total. The van der Waals surface area contributed by atoms with Gasteiger partial charge in [-0.25, -0.2) is 0 Å². The summed E-state index contributed by atoms with van der Waals surface area (Å²) in [5.41, 5.74) is -0.149. The Kier molecular flexibility index (Phi) is 5.16. The van der Waals surface area contributed by atoms with E-state index in [1.165, 1.54) is 4.90 Å². The van der Waals surface area contributed by atoms with Crippen LogP contribution in [0.15, 0.2) is 24.3 Å². The molecule has 0 spiro atoms. The number of alkyl halides is 3. The Morgan fingerprint density at radius 2 is 1.96 bits per heavy atom. The highest BCUT2D eigenvalue weighted by Gasteiger charge is 2.65. The normalized spacial score (nSPS) is 29.3. The molecule has 1 aromatic rings. The molecule has 0 unspecified atom stereocenters. The van der Waals surface area contributed by atoms with E-state index in [1.807, 2.05) is 18.2 Å². The summed E-state index contributed by atoms with van der Waals surface area (Å²) in [7, 11) is 2.11. The third kappa shape index (κ3) is 3.54. The summed E-state index contributed by atoms with van der Waals surface area (Å²) in [5, 5.41) is 0. The van der Waals surface area contributed by atoms with Gasteiger partial charge in [0.05, 0.1) is 5.41 Å². The van der Waals surface area contributed by atoms with E-state index in [-0.39, 0.29) is 25.4 Å². The maximum Gasteiger partial charge on any atom is 0.396 e. The minimum Gasteiger partial charge on any atom is -0.337 e. The number of piperazine rings is 1. The van der Waals surface area contributed by atoms with Crippen LogP contribution in [0.4, 0.5) is 13.2 Å². The zero-order valence-electron chi connectivity index (χ0n) is 16.3. The van der Waals surface area contributed by atoms with E-state index in [4.69, 9.17) is 0 Å². The van der Waals surface area contributed by atoms with E-state index in [1.54, 1.807) is 6.07 Å². The molecule has 2 heterocycles. The average molecular weight is 395 g/mol. The fourth-order valence-electron chi connectivity index (χ4n) is 5.16. The molecule has 2 atom stereocenters. The average Bonchev–Trinajstić information content (AvgIpc) is 3.22. The van der Waals surface area contributed by atoms with Crippen molar-refractivity contribution in [1.82, 2.24) is 14.7 Å². The third-order valence-corrected chi connectivity index (χ3v) is 6.90. The van der Waals surface area contributed by atoms with Crippen LogP contribution in [-0.4, -0.2) is 73.1 Å².